The summed E-state index contributed by atoms with van der Waals surface area (Å²) in [4.78, 5) is 11.3. The third kappa shape index (κ3) is 2.39. The van der Waals surface area contributed by atoms with Gasteiger partial charge in [-0.25, -0.2) is 4.79 Å². The molecular weight excluding hydrogens is 204 g/mol. The van der Waals surface area contributed by atoms with Crippen molar-refractivity contribution in [3.8, 4) is 0 Å². The van der Waals surface area contributed by atoms with E-state index in [1.54, 1.807) is 25.2 Å². The van der Waals surface area contributed by atoms with Crippen molar-refractivity contribution in [1.29, 1.82) is 5.41 Å². The maximum Gasteiger partial charge on any atom is 0.337 e. The molecule has 16 heavy (non-hydrogen) atoms. The summed E-state index contributed by atoms with van der Waals surface area (Å²) >= 11 is 0. The molecule has 86 valence electrons. The summed E-state index contributed by atoms with van der Waals surface area (Å²) in [6.07, 6.45) is 0.659. The highest BCUT2D eigenvalue weighted by Gasteiger charge is 2.10. The first-order valence-electron chi connectivity index (χ1n) is 5.12. The third-order valence-corrected chi connectivity index (χ3v) is 2.39. The Morgan fingerprint density at radius 2 is 2.19 bits per heavy atom. The largest absolute Gasteiger partial charge is 0.465 e. The summed E-state index contributed by atoms with van der Waals surface area (Å²) in [6.45, 7) is 1.93. The van der Waals surface area contributed by atoms with E-state index in [9.17, 15) is 4.79 Å². The van der Waals surface area contributed by atoms with E-state index in [4.69, 9.17) is 5.41 Å². The summed E-state index contributed by atoms with van der Waals surface area (Å²) in [5, 5.41) is 10.8. The molecule has 0 bridgehead atoms. The van der Waals surface area contributed by atoms with E-state index in [1.165, 1.54) is 7.11 Å². The van der Waals surface area contributed by atoms with Crippen LogP contribution in [0, 0.1) is 5.41 Å². The van der Waals surface area contributed by atoms with Gasteiger partial charge >= 0.3 is 5.97 Å². The number of carbonyl (C=O) groups is 1. The monoisotopic (exact) mass is 220 g/mol. The summed E-state index contributed by atoms with van der Waals surface area (Å²) in [5.74, 6) is -0.369. The van der Waals surface area contributed by atoms with Gasteiger partial charge in [-0.15, -0.1) is 0 Å². The molecule has 2 N–H and O–H groups in total. The number of benzene rings is 1. The van der Waals surface area contributed by atoms with Gasteiger partial charge in [0.05, 0.1) is 12.7 Å². The zero-order valence-electron chi connectivity index (χ0n) is 9.76. The minimum absolute atomic E-state index is 0.369. The average molecular weight is 220 g/mol. The lowest BCUT2D eigenvalue weighted by Crippen LogP contribution is -2.07. The second-order valence-corrected chi connectivity index (χ2v) is 3.33. The predicted octanol–water partition coefficient (Wildman–Crippen LogP) is 2.29. The maximum absolute atomic E-state index is 11.3. The number of hydrogen-bond donors (Lipinski definition) is 2. The van der Waals surface area contributed by atoms with Crippen LogP contribution in [0.15, 0.2) is 18.2 Å². The quantitative estimate of drug-likeness (QED) is 0.604. The van der Waals surface area contributed by atoms with Crippen molar-refractivity contribution in [3.05, 3.63) is 29.3 Å². The van der Waals surface area contributed by atoms with Crippen LogP contribution in [0.1, 0.15) is 29.3 Å². The fourth-order valence-corrected chi connectivity index (χ4v) is 1.45. The van der Waals surface area contributed by atoms with Crippen LogP contribution in [0.5, 0.6) is 0 Å². The Bertz CT molecular complexity index is 413. The molecule has 0 spiro atoms. The van der Waals surface area contributed by atoms with E-state index in [0.29, 0.717) is 17.7 Å². The standard InChI is InChI=1S/C12H16N2O2/c1-4-10(13)9-6-5-8(12(15)16-3)7-11(9)14-2/h5-7,13-14H,4H2,1-3H3. The number of anilines is 1. The second-order valence-electron chi connectivity index (χ2n) is 3.33. The molecule has 1 aromatic rings. The summed E-state index contributed by atoms with van der Waals surface area (Å²) < 4.78 is 4.64. The van der Waals surface area contributed by atoms with E-state index in [2.05, 4.69) is 10.1 Å². The van der Waals surface area contributed by atoms with Gasteiger partial charge < -0.3 is 15.5 Å². The van der Waals surface area contributed by atoms with Crippen LogP contribution in [0.3, 0.4) is 0 Å². The SMILES string of the molecule is CCC(=N)c1ccc(C(=O)OC)cc1NC. The Hall–Kier alpha value is -1.84. The van der Waals surface area contributed by atoms with Gasteiger partial charge in [-0.3, -0.25) is 0 Å². The van der Waals surface area contributed by atoms with Gasteiger partial charge in [-0.1, -0.05) is 13.0 Å². The number of rotatable bonds is 4. The van der Waals surface area contributed by atoms with Gasteiger partial charge in [0.15, 0.2) is 0 Å². The average Bonchev–Trinajstić information content (AvgIpc) is 2.35. The van der Waals surface area contributed by atoms with Crippen molar-refractivity contribution in [2.24, 2.45) is 0 Å². The molecule has 4 heteroatoms. The maximum atomic E-state index is 11.3. The fraction of sp³-hybridized carbons (Fsp3) is 0.333. The zero-order valence-corrected chi connectivity index (χ0v) is 9.76. The summed E-state index contributed by atoms with van der Waals surface area (Å²) in [6, 6.07) is 5.14. The second kappa shape index (κ2) is 5.30. The first-order chi connectivity index (χ1) is 7.63. The van der Waals surface area contributed by atoms with Crippen LogP contribution in [0.25, 0.3) is 0 Å². The van der Waals surface area contributed by atoms with E-state index >= 15 is 0 Å². The van der Waals surface area contributed by atoms with Crippen LogP contribution >= 0.6 is 0 Å². The van der Waals surface area contributed by atoms with Crippen molar-refractivity contribution in [2.45, 2.75) is 13.3 Å². The van der Waals surface area contributed by atoms with E-state index < -0.39 is 0 Å². The van der Waals surface area contributed by atoms with Crippen molar-refractivity contribution in [3.63, 3.8) is 0 Å². The summed E-state index contributed by atoms with van der Waals surface area (Å²) in [5.41, 5.74) is 2.62. The molecule has 0 aliphatic rings. The van der Waals surface area contributed by atoms with Gasteiger partial charge in [0.25, 0.3) is 0 Å². The molecule has 0 radical (unpaired) electrons. The van der Waals surface area contributed by atoms with Gasteiger partial charge in [0.1, 0.15) is 0 Å². The van der Waals surface area contributed by atoms with Crippen molar-refractivity contribution < 1.29 is 9.53 Å². The van der Waals surface area contributed by atoms with Crippen LogP contribution in [0.4, 0.5) is 5.69 Å². The van der Waals surface area contributed by atoms with Crippen molar-refractivity contribution in [2.75, 3.05) is 19.5 Å². The molecule has 0 fully saturated rings. The number of carbonyl (C=O) groups excluding carboxylic acids is 1. The van der Waals surface area contributed by atoms with Crippen LogP contribution in [-0.2, 0) is 4.74 Å². The lowest BCUT2D eigenvalue weighted by atomic mass is 10.0. The molecule has 0 atom stereocenters. The van der Waals surface area contributed by atoms with Crippen molar-refractivity contribution >= 4 is 17.4 Å². The molecule has 0 heterocycles. The van der Waals surface area contributed by atoms with Crippen LogP contribution in [0.2, 0.25) is 0 Å². The first kappa shape index (κ1) is 12.2. The van der Waals surface area contributed by atoms with Crippen LogP contribution < -0.4 is 5.32 Å². The Morgan fingerprint density at radius 1 is 1.50 bits per heavy atom. The number of methoxy groups -OCH3 is 1. The lowest BCUT2D eigenvalue weighted by molar-refractivity contribution is 0.0601. The van der Waals surface area contributed by atoms with Gasteiger partial charge in [0.2, 0.25) is 0 Å². The smallest absolute Gasteiger partial charge is 0.337 e. The minimum atomic E-state index is -0.369. The molecule has 4 nitrogen and oxygen atoms in total. The Labute approximate surface area is 95.1 Å². The number of hydrogen-bond acceptors (Lipinski definition) is 4. The highest BCUT2D eigenvalue weighted by molar-refractivity contribution is 6.04. The Balaban J connectivity index is 3.16. The molecule has 0 amide bonds. The highest BCUT2D eigenvalue weighted by atomic mass is 16.5. The molecular formula is C12H16N2O2. The van der Waals surface area contributed by atoms with Gasteiger partial charge in [0, 0.05) is 24.0 Å². The van der Waals surface area contributed by atoms with Gasteiger partial charge in [-0.2, -0.15) is 0 Å². The number of ether oxygens (including phenoxy) is 1. The predicted molar refractivity (Wildman–Crippen MR) is 64.4 cm³/mol. The third-order valence-electron chi connectivity index (χ3n) is 2.39. The molecule has 0 unspecified atom stereocenters. The first-order valence-corrected chi connectivity index (χ1v) is 5.12. The molecule has 1 aromatic carbocycles. The molecule has 0 saturated carbocycles. The van der Waals surface area contributed by atoms with Gasteiger partial charge in [-0.05, 0) is 18.6 Å². The normalized spacial score (nSPS) is 9.69. The van der Waals surface area contributed by atoms with Crippen LogP contribution in [-0.4, -0.2) is 25.8 Å². The molecule has 1 rings (SSSR count). The highest BCUT2D eigenvalue weighted by Crippen LogP contribution is 2.19. The molecule has 0 saturated heterocycles. The van der Waals surface area contributed by atoms with E-state index in [0.717, 1.165) is 11.3 Å². The lowest BCUT2D eigenvalue weighted by Gasteiger charge is -2.10. The molecule has 0 aromatic heterocycles. The zero-order chi connectivity index (χ0) is 12.1. The molecule has 0 aliphatic heterocycles. The van der Waals surface area contributed by atoms with E-state index in [1.807, 2.05) is 6.92 Å². The molecule has 0 aliphatic carbocycles. The van der Waals surface area contributed by atoms with E-state index in [-0.39, 0.29) is 5.97 Å². The number of esters is 1. The summed E-state index contributed by atoms with van der Waals surface area (Å²) in [7, 11) is 3.12. The Kier molecular flexibility index (Phi) is 4.05. The topological polar surface area (TPSA) is 62.2 Å². The van der Waals surface area contributed by atoms with Crippen molar-refractivity contribution in [1.82, 2.24) is 0 Å². The number of nitrogens with one attached hydrogen (secondary N) is 2. The fourth-order valence-electron chi connectivity index (χ4n) is 1.45. The Morgan fingerprint density at radius 3 is 2.69 bits per heavy atom. The minimum Gasteiger partial charge on any atom is -0.465 e.